The van der Waals surface area contributed by atoms with Gasteiger partial charge in [-0.3, -0.25) is 0 Å². The number of nitrogens with one attached hydrogen (secondary N) is 1. The molecule has 0 bridgehead atoms. The molecule has 1 aliphatic rings. The molecule has 0 radical (unpaired) electrons. The van der Waals surface area contributed by atoms with Crippen molar-refractivity contribution in [1.82, 2.24) is 10.3 Å². The molecule has 2 aromatic rings. The fourth-order valence-electron chi connectivity index (χ4n) is 2.96. The minimum absolute atomic E-state index is 0.160. The first kappa shape index (κ1) is 14.3. The summed E-state index contributed by atoms with van der Waals surface area (Å²) in [6.45, 7) is 2.74. The molecule has 1 unspecified atom stereocenters. The number of aromatic nitrogens is 1. The number of halogens is 1. The van der Waals surface area contributed by atoms with Gasteiger partial charge in [0.2, 0.25) is 0 Å². The molecule has 3 rings (SSSR count). The van der Waals surface area contributed by atoms with Crippen LogP contribution >= 0.6 is 0 Å². The monoisotopic (exact) mass is 288 g/mol. The third kappa shape index (κ3) is 3.32. The number of benzene rings is 1. The molecule has 4 heteroatoms. The number of aryl methyl sites for hydroxylation is 2. The second-order valence-corrected chi connectivity index (χ2v) is 5.64. The van der Waals surface area contributed by atoms with E-state index < -0.39 is 0 Å². The highest BCUT2D eigenvalue weighted by Gasteiger charge is 2.20. The van der Waals surface area contributed by atoms with Crippen LogP contribution in [0.1, 0.15) is 55.0 Å². The summed E-state index contributed by atoms with van der Waals surface area (Å²) in [5, 5.41) is 3.48. The summed E-state index contributed by atoms with van der Waals surface area (Å²) < 4.78 is 19.1. The minimum atomic E-state index is -0.160. The first-order valence-electron chi connectivity index (χ1n) is 7.71. The van der Waals surface area contributed by atoms with E-state index >= 15 is 0 Å². The summed E-state index contributed by atoms with van der Waals surface area (Å²) in [6, 6.07) is 5.32. The van der Waals surface area contributed by atoms with E-state index in [4.69, 9.17) is 4.42 Å². The van der Waals surface area contributed by atoms with E-state index in [2.05, 4.69) is 17.2 Å². The summed E-state index contributed by atoms with van der Waals surface area (Å²) in [7, 11) is 0. The van der Waals surface area contributed by atoms with E-state index in [9.17, 15) is 4.39 Å². The Morgan fingerprint density at radius 2 is 2.33 bits per heavy atom. The van der Waals surface area contributed by atoms with E-state index in [1.165, 1.54) is 5.56 Å². The van der Waals surface area contributed by atoms with Crippen molar-refractivity contribution in [2.75, 3.05) is 0 Å². The van der Waals surface area contributed by atoms with Crippen LogP contribution in [0.3, 0.4) is 0 Å². The van der Waals surface area contributed by atoms with Crippen LogP contribution < -0.4 is 5.32 Å². The van der Waals surface area contributed by atoms with E-state index in [1.807, 2.05) is 6.07 Å². The highest BCUT2D eigenvalue weighted by molar-refractivity contribution is 5.32. The zero-order valence-corrected chi connectivity index (χ0v) is 12.4. The topological polar surface area (TPSA) is 38.1 Å². The van der Waals surface area contributed by atoms with E-state index in [0.717, 1.165) is 49.3 Å². The van der Waals surface area contributed by atoms with Gasteiger partial charge in [-0.2, -0.15) is 0 Å². The largest absolute Gasteiger partial charge is 0.444 e. The Hall–Kier alpha value is -1.68. The second-order valence-electron chi connectivity index (χ2n) is 5.64. The Kier molecular flexibility index (Phi) is 4.34. The van der Waals surface area contributed by atoms with Gasteiger partial charge in [-0.05, 0) is 48.9 Å². The predicted molar refractivity (Wildman–Crippen MR) is 79.4 cm³/mol. The van der Waals surface area contributed by atoms with Crippen molar-refractivity contribution < 1.29 is 8.81 Å². The average Bonchev–Trinajstić information content (AvgIpc) is 2.93. The highest BCUT2D eigenvalue weighted by Crippen LogP contribution is 2.30. The Morgan fingerprint density at radius 3 is 3.19 bits per heavy atom. The summed E-state index contributed by atoms with van der Waals surface area (Å²) in [6.07, 6.45) is 6.89. The first-order chi connectivity index (χ1) is 10.3. The van der Waals surface area contributed by atoms with E-state index in [0.29, 0.717) is 6.54 Å². The standard InChI is InChI=1S/C17H21FN2O/c1-2-4-17-20-11-14(21-17)10-19-16-6-3-5-12-7-8-13(18)9-15(12)16/h7-9,11,16,19H,2-6,10H2,1H3. The van der Waals surface area contributed by atoms with E-state index in [-0.39, 0.29) is 11.9 Å². The van der Waals surface area contributed by atoms with Crippen LogP contribution in [0.5, 0.6) is 0 Å². The maximum absolute atomic E-state index is 13.5. The lowest BCUT2D eigenvalue weighted by molar-refractivity contribution is 0.398. The summed E-state index contributed by atoms with van der Waals surface area (Å²) in [4.78, 5) is 4.26. The van der Waals surface area contributed by atoms with Gasteiger partial charge in [-0.15, -0.1) is 0 Å². The molecule has 1 atom stereocenters. The quantitative estimate of drug-likeness (QED) is 0.905. The molecule has 0 saturated heterocycles. The molecule has 0 aliphatic heterocycles. The van der Waals surface area contributed by atoms with Crippen molar-refractivity contribution in [3.8, 4) is 0 Å². The normalized spacial score (nSPS) is 17.7. The van der Waals surface area contributed by atoms with Gasteiger partial charge in [-0.1, -0.05) is 13.0 Å². The van der Waals surface area contributed by atoms with Gasteiger partial charge in [-0.25, -0.2) is 9.37 Å². The van der Waals surface area contributed by atoms with Gasteiger partial charge in [0.05, 0.1) is 12.7 Å². The van der Waals surface area contributed by atoms with E-state index in [1.54, 1.807) is 18.3 Å². The fourth-order valence-corrected chi connectivity index (χ4v) is 2.96. The number of nitrogens with zero attached hydrogens (tertiary/aromatic N) is 1. The SMILES string of the molecule is CCCc1ncc(CNC2CCCc3ccc(F)cc32)o1. The lowest BCUT2D eigenvalue weighted by atomic mass is 9.87. The Bertz CT molecular complexity index is 609. The van der Waals surface area contributed by atoms with Gasteiger partial charge >= 0.3 is 0 Å². The molecule has 1 heterocycles. The molecule has 3 nitrogen and oxygen atoms in total. The lowest BCUT2D eigenvalue weighted by Crippen LogP contribution is -2.24. The molecule has 21 heavy (non-hydrogen) atoms. The van der Waals surface area contributed by atoms with Crippen molar-refractivity contribution in [3.63, 3.8) is 0 Å². The smallest absolute Gasteiger partial charge is 0.194 e. The second kappa shape index (κ2) is 6.39. The Balaban J connectivity index is 1.67. The molecule has 0 fully saturated rings. The summed E-state index contributed by atoms with van der Waals surface area (Å²) in [5.41, 5.74) is 2.35. The maximum Gasteiger partial charge on any atom is 0.194 e. The van der Waals surface area contributed by atoms with Crippen LogP contribution in [0.25, 0.3) is 0 Å². The van der Waals surface area contributed by atoms with Crippen LogP contribution in [0.4, 0.5) is 4.39 Å². The van der Waals surface area contributed by atoms with Crippen LogP contribution in [0, 0.1) is 5.82 Å². The molecule has 1 aliphatic carbocycles. The van der Waals surface area contributed by atoms with Crippen molar-refractivity contribution in [2.24, 2.45) is 0 Å². The summed E-state index contributed by atoms with van der Waals surface area (Å²) in [5.74, 6) is 1.48. The zero-order chi connectivity index (χ0) is 14.7. The molecule has 0 spiro atoms. The molecular weight excluding hydrogens is 267 g/mol. The third-order valence-corrected chi connectivity index (χ3v) is 4.01. The Labute approximate surface area is 124 Å². The van der Waals surface area contributed by atoms with Gasteiger partial charge < -0.3 is 9.73 Å². The lowest BCUT2D eigenvalue weighted by Gasteiger charge is -2.26. The highest BCUT2D eigenvalue weighted by atomic mass is 19.1. The Morgan fingerprint density at radius 1 is 1.43 bits per heavy atom. The average molecular weight is 288 g/mol. The fraction of sp³-hybridized carbons (Fsp3) is 0.471. The number of hydrogen-bond donors (Lipinski definition) is 1. The van der Waals surface area contributed by atoms with Crippen LogP contribution in [-0.4, -0.2) is 4.98 Å². The summed E-state index contributed by atoms with van der Waals surface area (Å²) >= 11 is 0. The van der Waals surface area contributed by atoms with Crippen LogP contribution in [0.2, 0.25) is 0 Å². The first-order valence-corrected chi connectivity index (χ1v) is 7.71. The van der Waals surface area contributed by atoms with Crippen LogP contribution in [0.15, 0.2) is 28.8 Å². The van der Waals surface area contributed by atoms with Crippen molar-refractivity contribution in [3.05, 3.63) is 53.0 Å². The number of rotatable bonds is 5. The van der Waals surface area contributed by atoms with Crippen LogP contribution in [-0.2, 0) is 19.4 Å². The minimum Gasteiger partial charge on any atom is -0.444 e. The van der Waals surface area contributed by atoms with Crippen molar-refractivity contribution in [2.45, 2.75) is 51.6 Å². The molecular formula is C17H21FN2O. The molecule has 1 aromatic carbocycles. The third-order valence-electron chi connectivity index (χ3n) is 4.01. The number of hydrogen-bond acceptors (Lipinski definition) is 3. The molecule has 112 valence electrons. The van der Waals surface area contributed by atoms with Gasteiger partial charge in [0.15, 0.2) is 5.89 Å². The van der Waals surface area contributed by atoms with Gasteiger partial charge in [0, 0.05) is 12.5 Å². The molecule has 1 aromatic heterocycles. The number of fused-ring (bicyclic) bond motifs is 1. The van der Waals surface area contributed by atoms with Gasteiger partial charge in [0.1, 0.15) is 11.6 Å². The molecule has 1 N–H and O–H groups in total. The van der Waals surface area contributed by atoms with Gasteiger partial charge in [0.25, 0.3) is 0 Å². The molecule has 0 amide bonds. The predicted octanol–water partition coefficient (Wildman–Crippen LogP) is 3.93. The van der Waals surface area contributed by atoms with Crippen molar-refractivity contribution >= 4 is 0 Å². The maximum atomic E-state index is 13.5. The zero-order valence-electron chi connectivity index (χ0n) is 12.4. The number of oxazole rings is 1. The molecule has 0 saturated carbocycles. The van der Waals surface area contributed by atoms with Crippen molar-refractivity contribution in [1.29, 1.82) is 0 Å².